The first kappa shape index (κ1) is 57.0. The van der Waals surface area contributed by atoms with E-state index in [1.807, 2.05) is 0 Å². The van der Waals surface area contributed by atoms with Crippen molar-refractivity contribution in [3.05, 3.63) is 209 Å². The van der Waals surface area contributed by atoms with Gasteiger partial charge in [-0.15, -0.1) is 0 Å². The number of furan rings is 1. The predicted octanol–water partition coefficient (Wildman–Crippen LogP) is 21.2. The zero-order valence-electron chi connectivity index (χ0n) is 54.9. The molecular weight excluding hydrogens is 1050 g/mol. The maximum absolute atomic E-state index is 7.27. The highest BCUT2D eigenvalue weighted by Crippen LogP contribution is 2.63. The van der Waals surface area contributed by atoms with Crippen LogP contribution >= 0.6 is 0 Å². The van der Waals surface area contributed by atoms with Gasteiger partial charge in [-0.3, -0.25) is 0 Å². The topological polar surface area (TPSA) is 22.9 Å². The average molecular weight is 1140 g/mol. The monoisotopic (exact) mass is 1140 g/mol. The average Bonchev–Trinajstić information content (AvgIpc) is 1.57. The summed E-state index contributed by atoms with van der Waals surface area (Å²) in [5.74, 6) is 0. The summed E-state index contributed by atoms with van der Waals surface area (Å²) >= 11 is 0. The standard InChI is InChI=1S/C82H88BN3O/c1-76(2,3)53-30-35-58(36-31-53)84(59-37-32-54(33-38-59)77(4,5)6)60-47-69-73-70(48-60)86-75-65(81(16)40-24-25-41-82(81,86)17)44-57(80(13,14)15)45-67(75)83(73)66-50-72-64(61-39-34-55(78(7,8)9)46-71(61)87-72)49-68(66)85(69)74-62(51-26-20-18-21-27-51)42-56(79(10,11)12)43-63(74)52-28-22-19-23-29-52/h18-23,26-39,42-50H,24-25,40-41H2,1-17H3. The fraction of sp³-hybridized carbons (Fsp3) is 0.341. The molecule has 0 radical (unpaired) electrons. The molecule has 0 bridgehead atoms. The Bertz CT molecular complexity index is 4260. The maximum Gasteiger partial charge on any atom is 0.252 e. The molecule has 4 aliphatic rings. The van der Waals surface area contributed by atoms with E-state index in [2.05, 4.69) is 308 Å². The summed E-state index contributed by atoms with van der Waals surface area (Å²) < 4.78 is 7.27. The SMILES string of the molecule is CC(C)(C)c1ccc(N(c2ccc(C(C)(C)C)cc2)c2cc3c4c(c2)N2c5c(cc(C(C)(C)C)cc5C5(C)CCCCC25C)B4c2cc4oc5cc(C(C)(C)C)ccc5c4cc2N3c2c(-c3ccccc3)cc(C(C)(C)C)cc2-c2ccccc2)cc1. The Morgan fingerprint density at radius 1 is 0.414 bits per heavy atom. The first-order valence-electron chi connectivity index (χ1n) is 32.3. The van der Waals surface area contributed by atoms with Crippen molar-refractivity contribution in [2.24, 2.45) is 0 Å². The summed E-state index contributed by atoms with van der Waals surface area (Å²) in [6, 6.07) is 68.9. The Morgan fingerprint density at radius 3 is 1.45 bits per heavy atom. The summed E-state index contributed by atoms with van der Waals surface area (Å²) in [4.78, 5) is 8.23. The van der Waals surface area contributed by atoms with Gasteiger partial charge in [-0.1, -0.05) is 233 Å². The van der Waals surface area contributed by atoms with Gasteiger partial charge in [0.1, 0.15) is 11.2 Å². The molecule has 0 amide bonds. The van der Waals surface area contributed by atoms with Crippen LogP contribution in [0.4, 0.5) is 45.5 Å². The normalized spacial score (nSPS) is 18.2. The van der Waals surface area contributed by atoms with Crippen LogP contribution in [-0.2, 0) is 32.5 Å². The molecule has 1 fully saturated rings. The van der Waals surface area contributed by atoms with Gasteiger partial charge in [0, 0.05) is 61.4 Å². The lowest BCUT2D eigenvalue weighted by Gasteiger charge is -2.53. The van der Waals surface area contributed by atoms with Crippen molar-refractivity contribution >= 4 is 90.5 Å². The number of benzene rings is 9. The van der Waals surface area contributed by atoms with Crippen LogP contribution in [-0.4, -0.2) is 12.3 Å². The van der Waals surface area contributed by atoms with Crippen molar-refractivity contribution in [1.82, 2.24) is 0 Å². The summed E-state index contributed by atoms with van der Waals surface area (Å²) in [7, 11) is 0. The molecule has 4 heterocycles. The quantitative estimate of drug-likeness (QED) is 0.155. The summed E-state index contributed by atoms with van der Waals surface area (Å²) in [5, 5.41) is 2.26. The summed E-state index contributed by atoms with van der Waals surface area (Å²) in [6.07, 6.45) is 4.64. The number of fused-ring (bicyclic) bond motifs is 10. The lowest BCUT2D eigenvalue weighted by atomic mass is 9.33. The molecule has 87 heavy (non-hydrogen) atoms. The van der Waals surface area contributed by atoms with Crippen LogP contribution < -0.4 is 31.1 Å². The van der Waals surface area contributed by atoms with E-state index in [1.165, 1.54) is 113 Å². The highest BCUT2D eigenvalue weighted by atomic mass is 16.3. The molecule has 440 valence electrons. The lowest BCUT2D eigenvalue weighted by molar-refractivity contribution is 0.195. The molecule has 3 aliphatic heterocycles. The van der Waals surface area contributed by atoms with Gasteiger partial charge in [-0.05, 0) is 174 Å². The molecule has 0 N–H and O–H groups in total. The van der Waals surface area contributed by atoms with E-state index in [4.69, 9.17) is 4.42 Å². The van der Waals surface area contributed by atoms with Gasteiger partial charge in [0.25, 0.3) is 6.71 Å². The van der Waals surface area contributed by atoms with E-state index < -0.39 is 0 Å². The minimum atomic E-state index is -0.221. The Morgan fingerprint density at radius 2 is 0.908 bits per heavy atom. The van der Waals surface area contributed by atoms with Crippen LogP contribution in [0.5, 0.6) is 0 Å². The third-order valence-electron chi connectivity index (χ3n) is 20.9. The fourth-order valence-corrected chi connectivity index (χ4v) is 15.5. The molecule has 0 saturated heterocycles. The fourth-order valence-electron chi connectivity index (χ4n) is 15.5. The molecule has 1 aliphatic carbocycles. The molecular formula is C82H88BN3O. The molecule has 14 rings (SSSR count). The van der Waals surface area contributed by atoms with Crippen molar-refractivity contribution in [3.63, 3.8) is 0 Å². The molecule has 1 saturated carbocycles. The molecule has 2 atom stereocenters. The molecule has 2 unspecified atom stereocenters. The maximum atomic E-state index is 7.27. The van der Waals surface area contributed by atoms with Gasteiger partial charge in [-0.2, -0.15) is 0 Å². The van der Waals surface area contributed by atoms with E-state index in [9.17, 15) is 0 Å². The van der Waals surface area contributed by atoms with Gasteiger partial charge in [-0.25, -0.2) is 0 Å². The Labute approximate surface area is 519 Å². The highest BCUT2D eigenvalue weighted by Gasteiger charge is 2.62. The van der Waals surface area contributed by atoms with E-state index >= 15 is 0 Å². The van der Waals surface area contributed by atoms with E-state index in [1.54, 1.807) is 0 Å². The molecule has 1 aromatic heterocycles. The Kier molecular flexibility index (Phi) is 12.7. The smallest absolute Gasteiger partial charge is 0.252 e. The summed E-state index contributed by atoms with van der Waals surface area (Å²) in [6.45, 7) is 40.3. The third-order valence-corrected chi connectivity index (χ3v) is 20.9. The van der Waals surface area contributed by atoms with Crippen molar-refractivity contribution in [1.29, 1.82) is 0 Å². The van der Waals surface area contributed by atoms with Gasteiger partial charge >= 0.3 is 0 Å². The number of anilines is 8. The minimum absolute atomic E-state index is 0.0114. The second-order valence-corrected chi connectivity index (χ2v) is 31.8. The Balaban J connectivity index is 1.19. The van der Waals surface area contributed by atoms with Crippen molar-refractivity contribution in [2.45, 2.75) is 181 Å². The zero-order valence-corrected chi connectivity index (χ0v) is 54.9. The molecule has 5 heteroatoms. The second kappa shape index (κ2) is 19.4. The Hall–Kier alpha value is -7.76. The number of hydrogen-bond acceptors (Lipinski definition) is 4. The van der Waals surface area contributed by atoms with Gasteiger partial charge < -0.3 is 19.1 Å². The van der Waals surface area contributed by atoms with Crippen LogP contribution in [0, 0.1) is 0 Å². The molecule has 10 aromatic rings. The van der Waals surface area contributed by atoms with Crippen molar-refractivity contribution in [3.8, 4) is 22.3 Å². The van der Waals surface area contributed by atoms with Crippen LogP contribution in [0.3, 0.4) is 0 Å². The van der Waals surface area contributed by atoms with Crippen molar-refractivity contribution < 1.29 is 4.42 Å². The number of hydrogen-bond donors (Lipinski definition) is 0. The zero-order chi connectivity index (χ0) is 61.3. The van der Waals surface area contributed by atoms with Crippen LogP contribution in [0.25, 0.3) is 44.2 Å². The van der Waals surface area contributed by atoms with E-state index in [0.717, 1.165) is 51.8 Å². The molecule has 4 nitrogen and oxygen atoms in total. The van der Waals surface area contributed by atoms with E-state index in [0.29, 0.717) is 0 Å². The van der Waals surface area contributed by atoms with Crippen LogP contribution in [0.2, 0.25) is 0 Å². The highest BCUT2D eigenvalue weighted by molar-refractivity contribution is 7.00. The van der Waals surface area contributed by atoms with Crippen LogP contribution in [0.1, 0.15) is 177 Å². The third kappa shape index (κ3) is 8.97. The van der Waals surface area contributed by atoms with Crippen molar-refractivity contribution in [2.75, 3.05) is 14.7 Å². The van der Waals surface area contributed by atoms with Crippen LogP contribution in [0.15, 0.2) is 180 Å². The largest absolute Gasteiger partial charge is 0.456 e. The van der Waals surface area contributed by atoms with Gasteiger partial charge in [0.05, 0.1) is 16.9 Å². The van der Waals surface area contributed by atoms with E-state index in [-0.39, 0.29) is 44.7 Å². The van der Waals surface area contributed by atoms with Gasteiger partial charge in [0.15, 0.2) is 0 Å². The first-order valence-corrected chi connectivity index (χ1v) is 32.3. The number of rotatable bonds is 6. The minimum Gasteiger partial charge on any atom is -0.456 e. The predicted molar refractivity (Wildman–Crippen MR) is 375 cm³/mol. The second-order valence-electron chi connectivity index (χ2n) is 31.8. The van der Waals surface area contributed by atoms with Gasteiger partial charge in [0.2, 0.25) is 0 Å². The first-order chi connectivity index (χ1) is 41.0. The molecule has 0 spiro atoms. The number of nitrogens with zero attached hydrogens (tertiary/aromatic N) is 3. The lowest BCUT2D eigenvalue weighted by Crippen LogP contribution is -2.64. The summed E-state index contributed by atoms with van der Waals surface area (Å²) in [5.41, 5.74) is 27.7. The molecule has 9 aromatic carbocycles.